The fourth-order valence-electron chi connectivity index (χ4n) is 13.9. The lowest BCUT2D eigenvalue weighted by Crippen LogP contribution is -2.06. The van der Waals surface area contributed by atoms with Gasteiger partial charge in [0.15, 0.2) is 0 Å². The van der Waals surface area contributed by atoms with Crippen LogP contribution in [-0.2, 0) is 13.5 Å². The van der Waals surface area contributed by atoms with Crippen molar-refractivity contribution in [1.29, 1.82) is 0 Å². The highest BCUT2D eigenvalue weighted by Crippen LogP contribution is 2.43. The van der Waals surface area contributed by atoms with Crippen molar-refractivity contribution in [2.24, 2.45) is 13.0 Å². The van der Waals surface area contributed by atoms with E-state index >= 15 is 0 Å². The quantitative estimate of drug-likeness (QED) is 0.159. The normalized spacial score (nSPS) is 13.7. The van der Waals surface area contributed by atoms with Gasteiger partial charge in [-0.1, -0.05) is 153 Å². The second-order valence-corrected chi connectivity index (χ2v) is 21.9. The summed E-state index contributed by atoms with van der Waals surface area (Å²) in [6.07, 6.45) is 5.76. The van der Waals surface area contributed by atoms with Crippen molar-refractivity contribution in [3.8, 4) is 45.0 Å². The molecule has 0 amide bonds. The van der Waals surface area contributed by atoms with Crippen LogP contribution in [0.4, 0.5) is 0 Å². The van der Waals surface area contributed by atoms with Gasteiger partial charge in [0, 0.05) is 95.0 Å². The van der Waals surface area contributed by atoms with Crippen LogP contribution in [0.3, 0.4) is 0 Å². The highest BCUT2D eigenvalue weighted by atomic mass is 15.0. The van der Waals surface area contributed by atoms with Crippen LogP contribution in [0.25, 0.3) is 149 Å². The van der Waals surface area contributed by atoms with E-state index in [1.165, 1.54) is 121 Å². The van der Waals surface area contributed by atoms with Gasteiger partial charge in [0.05, 0.1) is 38.6 Å². The van der Waals surface area contributed by atoms with Crippen LogP contribution in [0.1, 0.15) is 18.2 Å². The average Bonchev–Trinajstić information content (AvgIpc) is 4.45. The van der Waals surface area contributed by atoms with Crippen molar-refractivity contribution in [3.05, 3.63) is 260 Å². The maximum Gasteiger partial charge on any atom is 0.0541 e. The second-order valence-electron chi connectivity index (χ2n) is 21.9. The Labute approximate surface area is 455 Å². The average molecular weight is 1010 g/mol. The number of benzene rings is 11. The zero-order chi connectivity index (χ0) is 52.0. The van der Waals surface area contributed by atoms with Crippen LogP contribution in [0.2, 0.25) is 0 Å². The Kier molecular flexibility index (Phi) is 9.32. The molecule has 0 saturated heterocycles. The first-order valence-corrected chi connectivity index (χ1v) is 27.6. The lowest BCUT2D eigenvalue weighted by atomic mass is 9.93. The van der Waals surface area contributed by atoms with Crippen molar-refractivity contribution in [3.63, 3.8) is 0 Å². The third kappa shape index (κ3) is 6.44. The Morgan fingerprint density at radius 2 is 0.608 bits per heavy atom. The summed E-state index contributed by atoms with van der Waals surface area (Å²) < 4.78 is 12.3. The first kappa shape index (κ1) is 44.1. The number of nitrogens with zero attached hydrogens (tertiary/aromatic N) is 5. The predicted molar refractivity (Wildman–Crippen MR) is 333 cm³/mol. The van der Waals surface area contributed by atoms with Gasteiger partial charge in [-0.3, -0.25) is 0 Å². The Hall–Kier alpha value is -10.1. The van der Waals surface area contributed by atoms with E-state index in [4.69, 9.17) is 0 Å². The molecule has 0 saturated carbocycles. The predicted octanol–water partition coefficient (Wildman–Crippen LogP) is 19.1. The molecule has 1 unspecified atom stereocenters. The van der Waals surface area contributed by atoms with Gasteiger partial charge in [-0.15, -0.1) is 0 Å². The molecule has 1 atom stereocenters. The van der Waals surface area contributed by atoms with E-state index < -0.39 is 0 Å². The minimum Gasteiger partial charge on any atom is -0.344 e. The van der Waals surface area contributed by atoms with Gasteiger partial charge in [0.2, 0.25) is 0 Å². The molecule has 11 aromatic carbocycles. The summed E-state index contributed by atoms with van der Waals surface area (Å²) in [6.45, 7) is 2.33. The molecule has 5 aromatic heterocycles. The molecular weight excluding hydrogens is 959 g/mol. The second kappa shape index (κ2) is 16.7. The highest BCUT2D eigenvalue weighted by molar-refractivity contribution is 6.13. The molecule has 5 heteroatoms. The summed E-state index contributed by atoms with van der Waals surface area (Å²) in [4.78, 5) is 0. The molecule has 79 heavy (non-hydrogen) atoms. The van der Waals surface area contributed by atoms with Crippen LogP contribution >= 0.6 is 0 Å². The molecule has 372 valence electrons. The molecule has 0 bridgehead atoms. The van der Waals surface area contributed by atoms with Gasteiger partial charge in [0.1, 0.15) is 0 Å². The Morgan fingerprint density at radius 1 is 0.291 bits per heavy atom. The fraction of sp³-hybridized carbons (Fsp3) is 0.0541. The molecule has 0 N–H and O–H groups in total. The SMILES string of the molecule is CC1C=Cc2c(c3ccccc3n2-c2cc(-c3ccc4c(c3)c3cc(-c5cc(-n6c7ccccc7c7ccccc76)cc(-n6c7ccccc7c7ccccc76)c5)ccc3n4C)cc(-n3c4ccccc4c4ccccc43)c2)C1. The number of hydrogen-bond donors (Lipinski definition) is 0. The van der Waals surface area contributed by atoms with E-state index in [-0.39, 0.29) is 0 Å². The summed E-state index contributed by atoms with van der Waals surface area (Å²) in [7, 11) is 2.21. The number of allylic oxidation sites excluding steroid dienone is 1. The lowest BCUT2D eigenvalue weighted by molar-refractivity contribution is 0.718. The number of rotatable bonds is 6. The van der Waals surface area contributed by atoms with E-state index in [2.05, 4.69) is 292 Å². The smallest absolute Gasteiger partial charge is 0.0541 e. The summed E-state index contributed by atoms with van der Waals surface area (Å²) >= 11 is 0. The van der Waals surface area contributed by atoms with Gasteiger partial charge >= 0.3 is 0 Å². The van der Waals surface area contributed by atoms with Crippen molar-refractivity contribution in [2.45, 2.75) is 13.3 Å². The topological polar surface area (TPSA) is 24.6 Å². The third-order valence-corrected chi connectivity index (χ3v) is 17.4. The standard InChI is InChI=1S/C74H51N5/c1-46-31-34-74-62(37-46)61-23-9-16-30-73(61)79(74)54-41-50(40-53(45-54)78-71-28-14-7-21-59(71)60-22-8-15-29-72(60)78)48-33-36-66-64(43-48)63-42-47(32-35-65(63)75(66)2)49-38-51(76-67-24-10-3-17-55(67)56-18-4-11-25-68(56)76)44-52(39-49)77-69-26-12-5-19-57(69)58-20-6-13-27-70(58)77/h3-36,38-46H,37H2,1-2H3. The highest BCUT2D eigenvalue weighted by Gasteiger charge is 2.24. The zero-order valence-electron chi connectivity index (χ0n) is 43.8. The number of fused-ring (bicyclic) bond motifs is 15. The van der Waals surface area contributed by atoms with E-state index in [1.807, 2.05) is 0 Å². The molecule has 1 aliphatic carbocycles. The zero-order valence-corrected chi connectivity index (χ0v) is 43.8. The lowest BCUT2D eigenvalue weighted by Gasteiger charge is -2.18. The molecule has 1 aliphatic rings. The minimum atomic E-state index is 0.477. The van der Waals surface area contributed by atoms with E-state index in [9.17, 15) is 0 Å². The first-order chi connectivity index (χ1) is 39.0. The van der Waals surface area contributed by atoms with E-state index in [0.717, 1.165) is 40.3 Å². The maximum atomic E-state index is 2.51. The van der Waals surface area contributed by atoms with Gasteiger partial charge in [-0.05, 0) is 149 Å². The number of hydrogen-bond acceptors (Lipinski definition) is 0. The van der Waals surface area contributed by atoms with Gasteiger partial charge < -0.3 is 22.8 Å². The van der Waals surface area contributed by atoms with Crippen LogP contribution < -0.4 is 0 Å². The molecule has 17 rings (SSSR count). The van der Waals surface area contributed by atoms with Crippen molar-refractivity contribution < 1.29 is 0 Å². The van der Waals surface area contributed by atoms with E-state index in [1.54, 1.807) is 0 Å². The summed E-state index contributed by atoms with van der Waals surface area (Å²) in [6, 6.07) is 90.6. The largest absolute Gasteiger partial charge is 0.344 e. The van der Waals surface area contributed by atoms with Crippen LogP contribution in [0.5, 0.6) is 0 Å². The molecule has 0 spiro atoms. The summed E-state index contributed by atoms with van der Waals surface area (Å²) in [5, 5.41) is 11.3. The molecule has 16 aromatic rings. The number of para-hydroxylation sites is 7. The fourth-order valence-corrected chi connectivity index (χ4v) is 13.9. The van der Waals surface area contributed by atoms with Gasteiger partial charge in [-0.25, -0.2) is 0 Å². The van der Waals surface area contributed by atoms with Crippen LogP contribution in [0.15, 0.2) is 249 Å². The van der Waals surface area contributed by atoms with Gasteiger partial charge in [0.25, 0.3) is 0 Å². The molecule has 5 nitrogen and oxygen atoms in total. The third-order valence-electron chi connectivity index (χ3n) is 17.4. The Bertz CT molecular complexity index is 4980. The molecular formula is C74H51N5. The van der Waals surface area contributed by atoms with Crippen LogP contribution in [0, 0.1) is 5.92 Å². The van der Waals surface area contributed by atoms with Crippen LogP contribution in [-0.4, -0.2) is 22.8 Å². The van der Waals surface area contributed by atoms with Crippen molar-refractivity contribution in [1.82, 2.24) is 22.8 Å². The first-order valence-electron chi connectivity index (χ1n) is 27.6. The number of aromatic nitrogens is 5. The van der Waals surface area contributed by atoms with Crippen molar-refractivity contribution in [2.75, 3.05) is 0 Å². The summed E-state index contributed by atoms with van der Waals surface area (Å²) in [5.41, 5.74) is 22.6. The molecule has 5 heterocycles. The van der Waals surface area contributed by atoms with E-state index in [0.29, 0.717) is 5.92 Å². The molecule has 0 fully saturated rings. The van der Waals surface area contributed by atoms with Gasteiger partial charge in [-0.2, -0.15) is 0 Å². The number of aryl methyl sites for hydroxylation is 1. The minimum absolute atomic E-state index is 0.477. The Morgan fingerprint density at radius 3 is 0.975 bits per heavy atom. The molecule has 0 radical (unpaired) electrons. The summed E-state index contributed by atoms with van der Waals surface area (Å²) in [5.74, 6) is 0.477. The Balaban J connectivity index is 0.897. The molecule has 0 aliphatic heterocycles. The monoisotopic (exact) mass is 1010 g/mol. The van der Waals surface area contributed by atoms with Crippen molar-refractivity contribution >= 4 is 104 Å². The maximum absolute atomic E-state index is 2.51.